The first-order chi connectivity index (χ1) is 25.0. The number of imidazole rings is 2. The van der Waals surface area contributed by atoms with E-state index in [4.69, 9.17) is 19.4 Å². The van der Waals surface area contributed by atoms with E-state index < -0.39 is 18.2 Å². The largest absolute Gasteiger partial charge is 0.488 e. The van der Waals surface area contributed by atoms with Crippen molar-refractivity contribution in [3.63, 3.8) is 0 Å². The first kappa shape index (κ1) is 33.5. The van der Waals surface area contributed by atoms with E-state index in [0.717, 1.165) is 68.3 Å². The van der Waals surface area contributed by atoms with Crippen molar-refractivity contribution in [2.45, 2.75) is 65.3 Å². The highest BCUT2D eigenvalue weighted by atomic mass is 16.5. The minimum absolute atomic E-state index is 0.118. The van der Waals surface area contributed by atoms with Gasteiger partial charge < -0.3 is 34.8 Å². The Hall–Kier alpha value is -5.59. The SMILES string of the molecule is COC(=O)NC(C(=O)N1C[C@@H](C)C[C@H]1c1ncc(-c2ccc3c(c2)COc2cc4c(ccc5[nH]c([C@@H]6C[C@H](C)CN6C(=O)O)nc54)cc2-3)[nH]1)C(C)C. The third-order valence-electron chi connectivity index (χ3n) is 10.8. The van der Waals surface area contributed by atoms with Crippen molar-refractivity contribution in [2.24, 2.45) is 17.8 Å². The van der Waals surface area contributed by atoms with Gasteiger partial charge in [-0.25, -0.2) is 19.6 Å². The van der Waals surface area contributed by atoms with Gasteiger partial charge in [-0.15, -0.1) is 0 Å². The smallest absolute Gasteiger partial charge is 0.407 e. The number of H-pyrrole nitrogens is 2. The summed E-state index contributed by atoms with van der Waals surface area (Å²) < 4.78 is 11.1. The van der Waals surface area contributed by atoms with Crippen LogP contribution in [0.2, 0.25) is 0 Å². The number of amides is 3. The molecule has 2 saturated heterocycles. The number of carbonyl (C=O) groups is 3. The number of hydrogen-bond acceptors (Lipinski definition) is 7. The third kappa shape index (κ3) is 5.77. The van der Waals surface area contributed by atoms with Crippen molar-refractivity contribution in [1.29, 1.82) is 0 Å². The maximum atomic E-state index is 13.7. The molecule has 0 aliphatic carbocycles. The number of nitrogens with zero attached hydrogens (tertiary/aromatic N) is 4. The molecule has 3 aliphatic heterocycles. The van der Waals surface area contributed by atoms with Crippen molar-refractivity contribution in [3.8, 4) is 28.1 Å². The third-order valence-corrected chi connectivity index (χ3v) is 10.8. The Morgan fingerprint density at radius 1 is 0.962 bits per heavy atom. The zero-order chi connectivity index (χ0) is 36.4. The number of methoxy groups -OCH3 is 1. The molecule has 0 saturated carbocycles. The zero-order valence-electron chi connectivity index (χ0n) is 29.9. The number of hydrogen-bond donors (Lipinski definition) is 4. The molecule has 5 aromatic rings. The second-order valence-electron chi connectivity index (χ2n) is 15.0. The highest BCUT2D eigenvalue weighted by molar-refractivity contribution is 6.07. The molecule has 4 N–H and O–H groups in total. The van der Waals surface area contributed by atoms with E-state index in [1.54, 1.807) is 0 Å². The fraction of sp³-hybridized carbons (Fsp3) is 0.410. The monoisotopic (exact) mass is 705 g/mol. The van der Waals surface area contributed by atoms with Crippen LogP contribution in [0.4, 0.5) is 9.59 Å². The van der Waals surface area contributed by atoms with E-state index in [9.17, 15) is 19.5 Å². The van der Waals surface area contributed by atoms with Crippen molar-refractivity contribution >= 4 is 39.9 Å². The van der Waals surface area contributed by atoms with Crippen LogP contribution in [-0.4, -0.2) is 79.2 Å². The summed E-state index contributed by atoms with van der Waals surface area (Å²) in [5.74, 6) is 2.43. The summed E-state index contributed by atoms with van der Waals surface area (Å²) in [4.78, 5) is 57.6. The van der Waals surface area contributed by atoms with Crippen molar-refractivity contribution < 1.29 is 29.0 Å². The average Bonchev–Trinajstić information content (AvgIpc) is 3.94. The van der Waals surface area contributed by atoms with Crippen LogP contribution in [0.5, 0.6) is 5.75 Å². The molecule has 0 spiro atoms. The van der Waals surface area contributed by atoms with Gasteiger partial charge in [0.1, 0.15) is 30.0 Å². The first-order valence-electron chi connectivity index (χ1n) is 17.9. The Morgan fingerprint density at radius 3 is 2.44 bits per heavy atom. The van der Waals surface area contributed by atoms with Gasteiger partial charge in [-0.1, -0.05) is 45.9 Å². The maximum absolute atomic E-state index is 13.7. The van der Waals surface area contributed by atoms with Crippen molar-refractivity contribution in [3.05, 3.63) is 65.9 Å². The molecule has 13 nitrogen and oxygen atoms in total. The second-order valence-corrected chi connectivity index (χ2v) is 15.0. The molecular formula is C39H43N7O6. The molecule has 2 aromatic heterocycles. The molecule has 5 atom stereocenters. The summed E-state index contributed by atoms with van der Waals surface area (Å²) in [6, 6.07) is 13.3. The van der Waals surface area contributed by atoms with E-state index in [1.807, 2.05) is 37.1 Å². The summed E-state index contributed by atoms with van der Waals surface area (Å²) in [6.07, 6.45) is 1.75. The quantitative estimate of drug-likeness (QED) is 0.146. The van der Waals surface area contributed by atoms with Gasteiger partial charge in [0.25, 0.3) is 0 Å². The van der Waals surface area contributed by atoms with Gasteiger partial charge in [0.2, 0.25) is 5.91 Å². The van der Waals surface area contributed by atoms with Gasteiger partial charge in [-0.3, -0.25) is 9.69 Å². The number of alkyl carbamates (subject to hydrolysis) is 1. The van der Waals surface area contributed by atoms with Crippen LogP contribution in [0.15, 0.2) is 48.7 Å². The van der Waals surface area contributed by atoms with Gasteiger partial charge >= 0.3 is 12.2 Å². The van der Waals surface area contributed by atoms with Gasteiger partial charge in [-0.2, -0.15) is 0 Å². The summed E-state index contributed by atoms with van der Waals surface area (Å²) in [5, 5.41) is 14.5. The fourth-order valence-electron chi connectivity index (χ4n) is 8.23. The molecule has 13 heteroatoms. The van der Waals surface area contributed by atoms with Crippen molar-refractivity contribution in [1.82, 2.24) is 35.1 Å². The fourth-order valence-corrected chi connectivity index (χ4v) is 8.23. The molecule has 2 fully saturated rings. The molecule has 0 radical (unpaired) electrons. The van der Waals surface area contributed by atoms with Crippen LogP contribution in [0, 0.1) is 17.8 Å². The molecule has 3 aromatic carbocycles. The maximum Gasteiger partial charge on any atom is 0.407 e. The topological polar surface area (TPSA) is 166 Å². The molecule has 5 heterocycles. The van der Waals surface area contributed by atoms with E-state index in [2.05, 4.69) is 59.5 Å². The summed E-state index contributed by atoms with van der Waals surface area (Å²) in [7, 11) is 1.29. The van der Waals surface area contributed by atoms with E-state index in [1.165, 1.54) is 12.0 Å². The standard InChI is InChI=1S/C39H43N7O6/c1-19(2)33(44-38(48)51-5)37(47)45-16-20(3)10-30(45)35-40-15-29(42-35)23-6-8-25-24(12-23)18-52-32-14-26-22(13-27(25)32)7-9-28-34(26)43-36(41-28)31-11-21(4)17-46(31)39(49)50/h6-9,12-15,19-21,30-31,33H,10-11,16-18H2,1-5H3,(H,40,42)(H,41,43)(H,44,48)(H,49,50)/t20-,21-,30-,31-,33?/m0/s1. The molecule has 1 unspecified atom stereocenters. The van der Waals surface area contributed by atoms with Crippen LogP contribution >= 0.6 is 0 Å². The Labute approximate surface area is 300 Å². The van der Waals surface area contributed by atoms with Crippen LogP contribution in [0.1, 0.15) is 69.8 Å². The number of ether oxygens (including phenoxy) is 2. The predicted octanol–water partition coefficient (Wildman–Crippen LogP) is 7.02. The van der Waals surface area contributed by atoms with Gasteiger partial charge in [0, 0.05) is 24.0 Å². The first-order valence-corrected chi connectivity index (χ1v) is 17.9. The van der Waals surface area contributed by atoms with Crippen molar-refractivity contribution in [2.75, 3.05) is 20.2 Å². The number of aromatic amines is 2. The number of likely N-dealkylation sites (tertiary alicyclic amines) is 2. The number of nitrogens with one attached hydrogen (secondary N) is 3. The Balaban J connectivity index is 1.06. The predicted molar refractivity (Wildman–Crippen MR) is 195 cm³/mol. The van der Waals surface area contributed by atoms with Crippen LogP contribution in [-0.2, 0) is 16.1 Å². The minimum Gasteiger partial charge on any atom is -0.488 e. The molecule has 3 aliphatic rings. The van der Waals surface area contributed by atoms with Gasteiger partial charge in [0.15, 0.2) is 0 Å². The highest BCUT2D eigenvalue weighted by Crippen LogP contribution is 2.44. The Morgan fingerprint density at radius 2 is 1.71 bits per heavy atom. The molecular weight excluding hydrogens is 662 g/mol. The Kier molecular flexibility index (Phi) is 8.31. The summed E-state index contributed by atoms with van der Waals surface area (Å²) in [5.41, 5.74) is 6.61. The lowest BCUT2D eigenvalue weighted by Crippen LogP contribution is -2.51. The number of carbonyl (C=O) groups excluding carboxylic acids is 2. The highest BCUT2D eigenvalue weighted by Gasteiger charge is 2.40. The lowest BCUT2D eigenvalue weighted by atomic mass is 9.92. The number of fused-ring (bicyclic) bond motifs is 6. The van der Waals surface area contributed by atoms with Gasteiger partial charge in [0.05, 0.1) is 42.1 Å². The lowest BCUT2D eigenvalue weighted by molar-refractivity contribution is -0.135. The van der Waals surface area contributed by atoms with Crippen LogP contribution < -0.4 is 10.1 Å². The van der Waals surface area contributed by atoms with E-state index in [-0.39, 0.29) is 35.7 Å². The normalized spacial score (nSPS) is 21.7. The second kappa shape index (κ2) is 12.9. The molecule has 270 valence electrons. The van der Waals surface area contributed by atoms with Gasteiger partial charge in [-0.05, 0) is 76.9 Å². The average molecular weight is 706 g/mol. The molecule has 52 heavy (non-hydrogen) atoms. The number of rotatable bonds is 6. The van der Waals surface area contributed by atoms with E-state index in [0.29, 0.717) is 31.3 Å². The Bertz CT molecular complexity index is 2230. The molecule has 0 bridgehead atoms. The zero-order valence-corrected chi connectivity index (χ0v) is 29.9. The molecule has 3 amide bonds. The minimum atomic E-state index is -0.926. The van der Waals surface area contributed by atoms with Crippen LogP contribution in [0.3, 0.4) is 0 Å². The van der Waals surface area contributed by atoms with E-state index >= 15 is 0 Å². The molecule has 8 rings (SSSR count). The lowest BCUT2D eigenvalue weighted by Gasteiger charge is -2.30. The number of carboxylic acid groups (broad SMARTS) is 1. The summed E-state index contributed by atoms with van der Waals surface area (Å²) >= 11 is 0. The van der Waals surface area contributed by atoms with Crippen LogP contribution in [0.25, 0.3) is 44.2 Å². The number of benzene rings is 3. The summed E-state index contributed by atoms with van der Waals surface area (Å²) in [6.45, 7) is 9.46. The number of aromatic nitrogens is 4.